The summed E-state index contributed by atoms with van der Waals surface area (Å²) in [6, 6.07) is 6.36. The Balaban J connectivity index is 2.18. The zero-order valence-corrected chi connectivity index (χ0v) is 11.7. The Morgan fingerprint density at radius 1 is 1.39 bits per heavy atom. The Labute approximate surface area is 110 Å². The molecule has 0 radical (unpaired) electrons. The maximum Gasteiger partial charge on any atom is 0.157 e. The molecule has 1 aromatic rings. The highest BCUT2D eigenvalue weighted by molar-refractivity contribution is 5.90. The molecule has 1 aliphatic rings. The lowest BCUT2D eigenvalue weighted by molar-refractivity contribution is -0.124. The van der Waals surface area contributed by atoms with Gasteiger partial charge in [0.15, 0.2) is 5.78 Å². The quantitative estimate of drug-likeness (QED) is 0.883. The van der Waals surface area contributed by atoms with Crippen molar-refractivity contribution in [1.82, 2.24) is 5.32 Å². The molecule has 98 valence electrons. The lowest BCUT2D eigenvalue weighted by Gasteiger charge is -2.26. The first-order chi connectivity index (χ1) is 8.57. The number of Topliss-reactive ketones (excluding diaryl/α,β-unsaturated/α-hetero) is 1. The second-order valence-corrected chi connectivity index (χ2v) is 5.50. The largest absolute Gasteiger partial charge is 0.305 e. The van der Waals surface area contributed by atoms with Crippen molar-refractivity contribution < 1.29 is 4.79 Å². The second-order valence-electron chi connectivity index (χ2n) is 5.50. The number of ketones is 1. The summed E-state index contributed by atoms with van der Waals surface area (Å²) < 4.78 is 0. The fourth-order valence-electron chi connectivity index (χ4n) is 2.88. The van der Waals surface area contributed by atoms with E-state index in [1.165, 1.54) is 16.7 Å². The maximum absolute atomic E-state index is 12.6. The van der Waals surface area contributed by atoms with Gasteiger partial charge in [-0.15, -0.1) is 0 Å². The van der Waals surface area contributed by atoms with Crippen molar-refractivity contribution in [2.24, 2.45) is 0 Å². The predicted octanol–water partition coefficient (Wildman–Crippen LogP) is 2.95. The third kappa shape index (κ3) is 2.49. The minimum atomic E-state index is -0.254. The minimum Gasteiger partial charge on any atom is -0.305 e. The van der Waals surface area contributed by atoms with Crippen LogP contribution in [0.25, 0.3) is 0 Å². The van der Waals surface area contributed by atoms with Crippen molar-refractivity contribution in [3.63, 3.8) is 0 Å². The standard InChI is InChI=1S/C16H23NO/c1-4-16(8-5-9-17-16)15(18)11-14-10-12(2)6-7-13(14)3/h6-7,10,17H,4-5,8-9,11H2,1-3H3. The lowest BCUT2D eigenvalue weighted by atomic mass is 9.85. The molecule has 1 saturated heterocycles. The topological polar surface area (TPSA) is 29.1 Å². The van der Waals surface area contributed by atoms with Gasteiger partial charge in [-0.05, 0) is 50.8 Å². The SMILES string of the molecule is CCC1(C(=O)Cc2cc(C)ccc2C)CCCN1. The van der Waals surface area contributed by atoms with E-state index in [2.05, 4.69) is 44.3 Å². The molecule has 2 nitrogen and oxygen atoms in total. The highest BCUT2D eigenvalue weighted by Crippen LogP contribution is 2.26. The third-order valence-electron chi connectivity index (χ3n) is 4.24. The van der Waals surface area contributed by atoms with Crippen molar-refractivity contribution in [2.45, 2.75) is 52.0 Å². The number of carbonyl (C=O) groups is 1. The van der Waals surface area contributed by atoms with Crippen LogP contribution in [-0.4, -0.2) is 17.9 Å². The molecule has 1 atom stereocenters. The van der Waals surface area contributed by atoms with Crippen LogP contribution in [0.1, 0.15) is 42.9 Å². The average Bonchev–Trinajstić information content (AvgIpc) is 2.84. The summed E-state index contributed by atoms with van der Waals surface area (Å²) in [4.78, 5) is 12.6. The van der Waals surface area contributed by atoms with Gasteiger partial charge in [0, 0.05) is 6.42 Å². The van der Waals surface area contributed by atoms with E-state index < -0.39 is 0 Å². The molecule has 0 saturated carbocycles. The van der Waals surface area contributed by atoms with E-state index in [0.717, 1.165) is 25.8 Å². The van der Waals surface area contributed by atoms with Gasteiger partial charge >= 0.3 is 0 Å². The van der Waals surface area contributed by atoms with Crippen LogP contribution in [0.5, 0.6) is 0 Å². The Kier molecular flexibility index (Phi) is 3.86. The van der Waals surface area contributed by atoms with E-state index in [1.54, 1.807) is 0 Å². The van der Waals surface area contributed by atoms with Gasteiger partial charge in [-0.2, -0.15) is 0 Å². The zero-order chi connectivity index (χ0) is 13.2. The van der Waals surface area contributed by atoms with Crippen LogP contribution in [0.4, 0.5) is 0 Å². The highest BCUT2D eigenvalue weighted by atomic mass is 16.1. The van der Waals surface area contributed by atoms with Crippen LogP contribution in [0.2, 0.25) is 0 Å². The van der Waals surface area contributed by atoms with Crippen molar-refractivity contribution in [1.29, 1.82) is 0 Å². The molecule has 0 amide bonds. The molecule has 2 heteroatoms. The molecule has 0 spiro atoms. The number of hydrogen-bond donors (Lipinski definition) is 1. The van der Waals surface area contributed by atoms with Crippen LogP contribution < -0.4 is 5.32 Å². The normalized spacial score (nSPS) is 23.3. The summed E-state index contributed by atoms with van der Waals surface area (Å²) >= 11 is 0. The number of aryl methyl sites for hydroxylation is 2. The summed E-state index contributed by atoms with van der Waals surface area (Å²) in [6.07, 6.45) is 3.57. The molecule has 1 aliphatic heterocycles. The number of hydrogen-bond acceptors (Lipinski definition) is 2. The van der Waals surface area contributed by atoms with Crippen LogP contribution >= 0.6 is 0 Å². The first-order valence-electron chi connectivity index (χ1n) is 6.92. The highest BCUT2D eigenvalue weighted by Gasteiger charge is 2.38. The molecule has 1 aromatic carbocycles. The smallest absolute Gasteiger partial charge is 0.157 e. The van der Waals surface area contributed by atoms with Crippen molar-refractivity contribution >= 4 is 5.78 Å². The monoisotopic (exact) mass is 245 g/mol. The third-order valence-corrected chi connectivity index (χ3v) is 4.24. The molecular formula is C16H23NO. The summed E-state index contributed by atoms with van der Waals surface area (Å²) in [6.45, 7) is 7.26. The Morgan fingerprint density at radius 3 is 2.78 bits per heavy atom. The molecule has 1 fully saturated rings. The number of nitrogens with one attached hydrogen (secondary N) is 1. The van der Waals surface area contributed by atoms with Gasteiger partial charge in [0.25, 0.3) is 0 Å². The van der Waals surface area contributed by atoms with Crippen LogP contribution in [0.3, 0.4) is 0 Å². The van der Waals surface area contributed by atoms with Gasteiger partial charge in [-0.25, -0.2) is 0 Å². The maximum atomic E-state index is 12.6. The molecule has 0 aliphatic carbocycles. The lowest BCUT2D eigenvalue weighted by Crippen LogP contribution is -2.47. The molecule has 0 bridgehead atoms. The van der Waals surface area contributed by atoms with Gasteiger partial charge < -0.3 is 5.32 Å². The van der Waals surface area contributed by atoms with Gasteiger partial charge in [0.2, 0.25) is 0 Å². The van der Waals surface area contributed by atoms with Gasteiger partial charge in [0.1, 0.15) is 0 Å². The van der Waals surface area contributed by atoms with Crippen LogP contribution in [-0.2, 0) is 11.2 Å². The average molecular weight is 245 g/mol. The summed E-state index contributed by atoms with van der Waals surface area (Å²) in [5, 5.41) is 3.42. The van der Waals surface area contributed by atoms with Gasteiger partial charge in [0.05, 0.1) is 5.54 Å². The van der Waals surface area contributed by atoms with Gasteiger partial charge in [-0.1, -0.05) is 30.7 Å². The van der Waals surface area contributed by atoms with E-state index in [4.69, 9.17) is 0 Å². The number of rotatable bonds is 4. The first kappa shape index (κ1) is 13.3. The first-order valence-corrected chi connectivity index (χ1v) is 6.92. The Hall–Kier alpha value is -1.15. The number of benzene rings is 1. The molecule has 2 rings (SSSR count). The molecule has 18 heavy (non-hydrogen) atoms. The number of carbonyl (C=O) groups excluding carboxylic acids is 1. The van der Waals surface area contributed by atoms with Crippen molar-refractivity contribution in [3.05, 3.63) is 34.9 Å². The molecule has 1 heterocycles. The molecular weight excluding hydrogens is 222 g/mol. The fraction of sp³-hybridized carbons (Fsp3) is 0.562. The van der Waals surface area contributed by atoms with E-state index in [-0.39, 0.29) is 5.54 Å². The van der Waals surface area contributed by atoms with E-state index >= 15 is 0 Å². The van der Waals surface area contributed by atoms with Crippen molar-refractivity contribution in [3.8, 4) is 0 Å². The van der Waals surface area contributed by atoms with E-state index in [1.807, 2.05) is 0 Å². The fourth-order valence-corrected chi connectivity index (χ4v) is 2.88. The van der Waals surface area contributed by atoms with E-state index in [9.17, 15) is 4.79 Å². The summed E-state index contributed by atoms with van der Waals surface area (Å²) in [5.74, 6) is 0.358. The van der Waals surface area contributed by atoms with Crippen LogP contribution in [0, 0.1) is 13.8 Å². The Bertz CT molecular complexity index is 444. The van der Waals surface area contributed by atoms with Crippen LogP contribution in [0.15, 0.2) is 18.2 Å². The van der Waals surface area contributed by atoms with Crippen molar-refractivity contribution in [2.75, 3.05) is 6.54 Å². The van der Waals surface area contributed by atoms with Gasteiger partial charge in [-0.3, -0.25) is 4.79 Å². The molecule has 0 aromatic heterocycles. The molecule has 1 unspecified atom stereocenters. The predicted molar refractivity (Wildman–Crippen MR) is 74.9 cm³/mol. The summed E-state index contributed by atoms with van der Waals surface area (Å²) in [5.41, 5.74) is 3.38. The second kappa shape index (κ2) is 5.23. The minimum absolute atomic E-state index is 0.254. The Morgan fingerprint density at radius 2 is 2.17 bits per heavy atom. The molecule has 1 N–H and O–H groups in total. The zero-order valence-electron chi connectivity index (χ0n) is 11.7. The summed E-state index contributed by atoms with van der Waals surface area (Å²) in [7, 11) is 0. The van der Waals surface area contributed by atoms with E-state index in [0.29, 0.717) is 12.2 Å².